The van der Waals surface area contributed by atoms with Gasteiger partial charge in [0.05, 0.1) is 5.69 Å². The van der Waals surface area contributed by atoms with E-state index < -0.39 is 40.0 Å². The Kier molecular flexibility index (Phi) is 8.44. The lowest BCUT2D eigenvalue weighted by molar-refractivity contribution is -0.143. The summed E-state index contributed by atoms with van der Waals surface area (Å²) in [4.78, 5) is 40.7. The Bertz CT molecular complexity index is 1260. The van der Waals surface area contributed by atoms with Crippen LogP contribution in [0.15, 0.2) is 48.5 Å². The molecule has 0 saturated carbocycles. The fraction of sp³-hybridized carbons (Fsp3) is 0.400. The topological polar surface area (TPSA) is 154 Å². The molecule has 2 aromatic rings. The van der Waals surface area contributed by atoms with Gasteiger partial charge >= 0.3 is 16.4 Å². The van der Waals surface area contributed by atoms with Crippen molar-refractivity contribution in [1.82, 2.24) is 15.5 Å². The van der Waals surface area contributed by atoms with Crippen LogP contribution in [0.3, 0.4) is 0 Å². The second-order valence-corrected chi connectivity index (χ2v) is 10.9. The molecular weight excluding hydrogens is 500 g/mol. The Hall–Kier alpha value is -3.64. The molecule has 0 aromatic heterocycles. The molecule has 1 aliphatic rings. The van der Waals surface area contributed by atoms with E-state index >= 15 is 0 Å². The highest BCUT2D eigenvalue weighted by molar-refractivity contribution is 7.87. The van der Waals surface area contributed by atoms with Gasteiger partial charge in [0.1, 0.15) is 17.7 Å². The van der Waals surface area contributed by atoms with Crippen molar-refractivity contribution in [2.24, 2.45) is 0 Å². The van der Waals surface area contributed by atoms with Crippen molar-refractivity contribution in [3.05, 3.63) is 65.2 Å². The second kappa shape index (κ2) is 11.2. The summed E-state index contributed by atoms with van der Waals surface area (Å²) in [5, 5.41) is 5.24. The number of likely N-dealkylation sites (N-methyl/N-ethyl adjacent to an activating group) is 1. The summed E-state index contributed by atoms with van der Waals surface area (Å²) in [7, 11) is -3.02. The van der Waals surface area contributed by atoms with Crippen molar-refractivity contribution in [3.63, 3.8) is 0 Å². The molecule has 0 saturated heterocycles. The van der Waals surface area contributed by atoms with Crippen LogP contribution in [0.1, 0.15) is 37.5 Å². The van der Waals surface area contributed by atoms with Gasteiger partial charge in [0, 0.05) is 26.4 Å². The first-order chi connectivity index (χ1) is 17.3. The highest BCUT2D eigenvalue weighted by atomic mass is 32.2. The summed E-state index contributed by atoms with van der Waals surface area (Å²) in [6, 6.07) is 11.8. The van der Waals surface area contributed by atoms with Crippen LogP contribution in [0.2, 0.25) is 0 Å². The molecule has 0 aliphatic carbocycles. The predicted octanol–water partition coefficient (Wildman–Crippen LogP) is 2.04. The molecular formula is C25H32N4O7S. The normalized spacial score (nSPS) is 16.2. The molecule has 12 heteroatoms. The lowest BCUT2D eigenvalue weighted by atomic mass is 9.91. The number of carbonyl (C=O) groups is 3. The van der Waals surface area contributed by atoms with Crippen LogP contribution in [-0.2, 0) is 44.0 Å². The van der Waals surface area contributed by atoms with Gasteiger partial charge in [0.25, 0.3) is 0 Å². The molecule has 1 heterocycles. The molecule has 1 aliphatic heterocycles. The van der Waals surface area contributed by atoms with Crippen LogP contribution >= 0.6 is 0 Å². The monoisotopic (exact) mass is 532 g/mol. The minimum Gasteiger partial charge on any atom is -0.444 e. The van der Waals surface area contributed by atoms with Crippen molar-refractivity contribution in [2.45, 2.75) is 57.8 Å². The molecule has 37 heavy (non-hydrogen) atoms. The smallest absolute Gasteiger partial charge is 0.408 e. The first kappa shape index (κ1) is 27.9. The molecule has 0 spiro atoms. The van der Waals surface area contributed by atoms with E-state index in [-0.39, 0.29) is 31.0 Å². The Morgan fingerprint density at radius 3 is 2.38 bits per heavy atom. The first-order valence-corrected chi connectivity index (χ1v) is 13.1. The summed E-state index contributed by atoms with van der Waals surface area (Å²) >= 11 is 0. The van der Waals surface area contributed by atoms with Crippen molar-refractivity contribution < 1.29 is 32.1 Å². The maximum atomic E-state index is 13.9. The summed E-state index contributed by atoms with van der Waals surface area (Å²) in [6.07, 6.45) is -0.430. The number of nitrogens with zero attached hydrogens (tertiary/aromatic N) is 1. The van der Waals surface area contributed by atoms with Gasteiger partial charge in [-0.05, 0) is 49.6 Å². The molecule has 2 aromatic carbocycles. The van der Waals surface area contributed by atoms with Gasteiger partial charge in [-0.3, -0.25) is 18.9 Å². The number of hydrogen-bond acceptors (Lipinski definition) is 6. The number of nitrogens with one attached hydrogen (secondary N) is 3. The van der Waals surface area contributed by atoms with E-state index in [2.05, 4.69) is 10.6 Å². The zero-order valence-electron chi connectivity index (χ0n) is 21.1. The van der Waals surface area contributed by atoms with Crippen molar-refractivity contribution in [3.8, 4) is 0 Å². The number of fused-ring (bicyclic) bond motifs is 1. The van der Waals surface area contributed by atoms with Gasteiger partial charge in [-0.1, -0.05) is 36.4 Å². The third-order valence-electron chi connectivity index (χ3n) is 5.69. The second-order valence-electron chi connectivity index (χ2n) is 9.75. The number of ether oxygens (including phenoxy) is 1. The SMILES string of the molecule is CNC(=O)[C@@H]1Cc2ccc(NS(=O)(=O)O)cc2CN1C(=O)[C@H](Cc1ccccc1)NC(=O)OC(C)(C)C. The Morgan fingerprint density at radius 1 is 1.11 bits per heavy atom. The molecule has 200 valence electrons. The summed E-state index contributed by atoms with van der Waals surface area (Å²) in [5.74, 6) is -0.878. The lowest BCUT2D eigenvalue weighted by Gasteiger charge is -2.38. The maximum absolute atomic E-state index is 13.9. The maximum Gasteiger partial charge on any atom is 0.408 e. The third kappa shape index (κ3) is 7.92. The number of carbonyl (C=O) groups excluding carboxylic acids is 3. The van der Waals surface area contributed by atoms with Crippen LogP contribution < -0.4 is 15.4 Å². The lowest BCUT2D eigenvalue weighted by Crippen LogP contribution is -2.58. The fourth-order valence-electron chi connectivity index (χ4n) is 4.13. The molecule has 3 rings (SSSR count). The third-order valence-corrected chi connectivity index (χ3v) is 6.18. The average Bonchev–Trinajstić information content (AvgIpc) is 2.80. The number of hydrogen-bond donors (Lipinski definition) is 4. The van der Waals surface area contributed by atoms with Gasteiger partial charge in [-0.15, -0.1) is 0 Å². The highest BCUT2D eigenvalue weighted by Gasteiger charge is 2.38. The molecule has 4 N–H and O–H groups in total. The van der Waals surface area contributed by atoms with Crippen molar-refractivity contribution >= 4 is 33.9 Å². The van der Waals surface area contributed by atoms with Crippen molar-refractivity contribution in [2.75, 3.05) is 11.8 Å². The van der Waals surface area contributed by atoms with Crippen LogP contribution in [0, 0.1) is 0 Å². The van der Waals surface area contributed by atoms with Crippen LogP contribution in [0.5, 0.6) is 0 Å². The zero-order valence-corrected chi connectivity index (χ0v) is 22.0. The summed E-state index contributed by atoms with van der Waals surface area (Å²) < 4.78 is 39.0. The minimum absolute atomic E-state index is 0.0193. The number of amides is 3. The average molecular weight is 533 g/mol. The van der Waals surface area contributed by atoms with Gasteiger partial charge in [0.15, 0.2) is 0 Å². The zero-order chi connectivity index (χ0) is 27.4. The van der Waals surface area contributed by atoms with Crippen LogP contribution in [-0.4, -0.2) is 60.5 Å². The van der Waals surface area contributed by atoms with Gasteiger partial charge in [0.2, 0.25) is 11.8 Å². The summed E-state index contributed by atoms with van der Waals surface area (Å²) in [5.41, 5.74) is 1.47. The Morgan fingerprint density at radius 2 is 1.78 bits per heavy atom. The molecule has 2 atom stereocenters. The quantitative estimate of drug-likeness (QED) is 0.398. The van der Waals surface area contributed by atoms with E-state index in [4.69, 9.17) is 9.29 Å². The minimum atomic E-state index is -4.49. The Labute approximate surface area is 216 Å². The number of rotatable bonds is 7. The van der Waals surface area contributed by atoms with Crippen LogP contribution in [0.4, 0.5) is 10.5 Å². The van der Waals surface area contributed by atoms with E-state index in [0.717, 1.165) is 11.1 Å². The van der Waals surface area contributed by atoms with Gasteiger partial charge in [-0.2, -0.15) is 8.42 Å². The standard InChI is InChI=1S/C25H32N4O7S/c1-25(2,3)36-24(32)27-20(12-16-8-6-5-7-9-16)23(31)29-15-18-13-19(28-37(33,34)35)11-10-17(18)14-21(29)22(30)26-4/h5-11,13,20-21,28H,12,14-15H2,1-4H3,(H,26,30)(H,27,32)(H,33,34,35)/t20-,21-/m0/s1. The van der Waals surface area contributed by atoms with Gasteiger partial charge < -0.3 is 20.3 Å². The van der Waals surface area contributed by atoms with E-state index in [1.807, 2.05) is 35.1 Å². The summed E-state index contributed by atoms with van der Waals surface area (Å²) in [6.45, 7) is 5.11. The molecule has 3 amide bonds. The highest BCUT2D eigenvalue weighted by Crippen LogP contribution is 2.28. The van der Waals surface area contributed by atoms with Crippen LogP contribution in [0.25, 0.3) is 0 Å². The van der Waals surface area contributed by atoms with E-state index in [1.165, 1.54) is 24.1 Å². The fourth-order valence-corrected chi connectivity index (χ4v) is 4.55. The number of benzene rings is 2. The molecule has 0 radical (unpaired) electrons. The Balaban J connectivity index is 1.95. The largest absolute Gasteiger partial charge is 0.444 e. The first-order valence-electron chi connectivity index (χ1n) is 11.7. The van der Waals surface area contributed by atoms with Gasteiger partial charge in [-0.25, -0.2) is 4.79 Å². The molecule has 11 nitrogen and oxygen atoms in total. The molecule has 0 fully saturated rings. The van der Waals surface area contributed by atoms with E-state index in [1.54, 1.807) is 26.8 Å². The number of alkyl carbamates (subject to hydrolysis) is 1. The van der Waals surface area contributed by atoms with E-state index in [0.29, 0.717) is 5.56 Å². The number of anilines is 1. The predicted molar refractivity (Wildman–Crippen MR) is 137 cm³/mol. The van der Waals surface area contributed by atoms with Crippen molar-refractivity contribution in [1.29, 1.82) is 0 Å². The van der Waals surface area contributed by atoms with E-state index in [9.17, 15) is 22.8 Å². The molecule has 0 bridgehead atoms. The molecule has 0 unspecified atom stereocenters.